The third-order valence-corrected chi connectivity index (χ3v) is 5.51. The molecule has 0 radical (unpaired) electrons. The Bertz CT molecular complexity index is 968. The van der Waals surface area contributed by atoms with Gasteiger partial charge in [-0.1, -0.05) is 17.7 Å². The highest BCUT2D eigenvalue weighted by molar-refractivity contribution is 7.90. The van der Waals surface area contributed by atoms with E-state index < -0.39 is 15.9 Å². The zero-order valence-corrected chi connectivity index (χ0v) is 15.3. The number of anilines is 1. The zero-order chi connectivity index (χ0) is 18.9. The van der Waals surface area contributed by atoms with Crippen LogP contribution in [0.25, 0.3) is 0 Å². The van der Waals surface area contributed by atoms with Crippen molar-refractivity contribution in [2.75, 3.05) is 18.0 Å². The smallest absolute Gasteiger partial charge is 0.322 e. The zero-order valence-electron chi connectivity index (χ0n) is 14.4. The summed E-state index contributed by atoms with van der Waals surface area (Å²) in [7, 11) is -3.95. The summed E-state index contributed by atoms with van der Waals surface area (Å²) in [5.74, 6) is -0.717. The number of aryl methyl sites for hydroxylation is 2. The lowest BCUT2D eigenvalue weighted by molar-refractivity contribution is 0.0981. The van der Waals surface area contributed by atoms with E-state index in [2.05, 4.69) is 10.0 Å². The number of hydrogen-bond acceptors (Lipinski definition) is 4. The van der Waals surface area contributed by atoms with Crippen LogP contribution in [0.3, 0.4) is 0 Å². The minimum absolute atomic E-state index is 0.0264. The van der Waals surface area contributed by atoms with Crippen LogP contribution in [0.2, 0.25) is 0 Å². The molecule has 136 valence electrons. The first-order valence-corrected chi connectivity index (χ1v) is 9.56. The quantitative estimate of drug-likeness (QED) is 0.856. The lowest BCUT2D eigenvalue weighted by atomic mass is 10.1. The van der Waals surface area contributed by atoms with Crippen LogP contribution in [0.1, 0.15) is 21.5 Å². The van der Waals surface area contributed by atoms with Crippen molar-refractivity contribution < 1.29 is 18.0 Å². The maximum atomic E-state index is 12.4. The Morgan fingerprint density at radius 1 is 1.12 bits per heavy atom. The van der Waals surface area contributed by atoms with Gasteiger partial charge in [-0.3, -0.25) is 9.69 Å². The van der Waals surface area contributed by atoms with E-state index >= 15 is 0 Å². The molecule has 1 heterocycles. The normalized spacial score (nSPS) is 14.2. The van der Waals surface area contributed by atoms with Gasteiger partial charge < -0.3 is 5.32 Å². The topological polar surface area (TPSA) is 95.6 Å². The molecule has 2 aromatic carbocycles. The minimum atomic E-state index is -3.95. The van der Waals surface area contributed by atoms with Gasteiger partial charge in [0, 0.05) is 24.3 Å². The third-order valence-electron chi connectivity index (χ3n) is 4.16. The average molecular weight is 373 g/mol. The molecule has 8 heteroatoms. The fourth-order valence-corrected chi connectivity index (χ4v) is 3.73. The average Bonchev–Trinajstić information content (AvgIpc) is 3.00. The Labute approximate surface area is 152 Å². The highest BCUT2D eigenvalue weighted by Gasteiger charge is 2.24. The minimum Gasteiger partial charge on any atom is -0.336 e. The van der Waals surface area contributed by atoms with Gasteiger partial charge in [0.05, 0.1) is 4.90 Å². The van der Waals surface area contributed by atoms with Crippen LogP contribution < -0.4 is 14.9 Å². The van der Waals surface area contributed by atoms with Gasteiger partial charge in [-0.15, -0.1) is 0 Å². The number of urea groups is 1. The van der Waals surface area contributed by atoms with Crippen molar-refractivity contribution in [1.82, 2.24) is 10.0 Å². The lowest BCUT2D eigenvalue weighted by Gasteiger charge is -2.17. The molecular formula is C18H19N3O4S. The van der Waals surface area contributed by atoms with Crippen LogP contribution in [-0.2, 0) is 10.0 Å². The third kappa shape index (κ3) is 3.55. The molecule has 1 fully saturated rings. The van der Waals surface area contributed by atoms with Gasteiger partial charge in [0.2, 0.25) is 0 Å². The fraction of sp³-hybridized carbons (Fsp3) is 0.222. The van der Waals surface area contributed by atoms with E-state index in [1.54, 1.807) is 36.1 Å². The predicted molar refractivity (Wildman–Crippen MR) is 97.8 cm³/mol. The number of rotatable bonds is 4. The second kappa shape index (κ2) is 6.80. The van der Waals surface area contributed by atoms with Crippen molar-refractivity contribution in [3.05, 3.63) is 59.2 Å². The molecule has 26 heavy (non-hydrogen) atoms. The summed E-state index contributed by atoms with van der Waals surface area (Å²) >= 11 is 0. The molecule has 2 N–H and O–H groups in total. The maximum absolute atomic E-state index is 12.4. The predicted octanol–water partition coefficient (Wildman–Crippen LogP) is 1.95. The number of nitrogens with one attached hydrogen (secondary N) is 2. The van der Waals surface area contributed by atoms with Crippen LogP contribution in [-0.4, -0.2) is 33.4 Å². The number of hydrogen-bond donors (Lipinski definition) is 2. The summed E-state index contributed by atoms with van der Waals surface area (Å²) in [4.78, 5) is 25.7. The summed E-state index contributed by atoms with van der Waals surface area (Å²) in [5, 5.41) is 2.71. The number of sulfonamides is 1. The van der Waals surface area contributed by atoms with Crippen molar-refractivity contribution in [2.45, 2.75) is 18.7 Å². The monoisotopic (exact) mass is 373 g/mol. The lowest BCUT2D eigenvalue weighted by Crippen LogP contribution is -2.31. The molecule has 1 saturated heterocycles. The van der Waals surface area contributed by atoms with Crippen molar-refractivity contribution in [3.8, 4) is 0 Å². The van der Waals surface area contributed by atoms with Crippen molar-refractivity contribution in [1.29, 1.82) is 0 Å². The molecule has 0 atom stereocenters. The second-order valence-corrected chi connectivity index (χ2v) is 7.81. The Morgan fingerprint density at radius 2 is 1.81 bits per heavy atom. The highest BCUT2D eigenvalue weighted by Crippen LogP contribution is 2.23. The van der Waals surface area contributed by atoms with Crippen molar-refractivity contribution in [2.24, 2.45) is 0 Å². The summed E-state index contributed by atoms with van der Waals surface area (Å²) in [5.41, 5.74) is 2.54. The summed E-state index contributed by atoms with van der Waals surface area (Å²) in [6.07, 6.45) is 0. The Morgan fingerprint density at radius 3 is 2.38 bits per heavy atom. The van der Waals surface area contributed by atoms with E-state index in [1.165, 1.54) is 18.2 Å². The van der Waals surface area contributed by atoms with Crippen LogP contribution in [0, 0.1) is 13.8 Å². The molecule has 0 unspecified atom stereocenters. The van der Waals surface area contributed by atoms with Gasteiger partial charge in [0.1, 0.15) is 0 Å². The van der Waals surface area contributed by atoms with Gasteiger partial charge in [0.25, 0.3) is 15.9 Å². The van der Waals surface area contributed by atoms with Gasteiger partial charge in [-0.05, 0) is 49.7 Å². The van der Waals surface area contributed by atoms with Gasteiger partial charge in [-0.25, -0.2) is 17.9 Å². The van der Waals surface area contributed by atoms with Gasteiger partial charge in [0.15, 0.2) is 0 Å². The largest absolute Gasteiger partial charge is 0.336 e. The van der Waals surface area contributed by atoms with E-state index in [9.17, 15) is 18.0 Å². The SMILES string of the molecule is Cc1ccc(S(=O)(=O)NC(=O)c2ccc(N3CCNC3=O)c(C)c2)cc1. The van der Waals surface area contributed by atoms with Crippen molar-refractivity contribution in [3.63, 3.8) is 0 Å². The van der Waals surface area contributed by atoms with Gasteiger partial charge >= 0.3 is 6.03 Å². The molecule has 0 bridgehead atoms. The van der Waals surface area contributed by atoms with E-state index in [0.717, 1.165) is 5.56 Å². The number of nitrogens with zero attached hydrogens (tertiary/aromatic N) is 1. The molecule has 1 aliphatic heterocycles. The molecule has 0 saturated carbocycles. The number of benzene rings is 2. The Kier molecular flexibility index (Phi) is 4.69. The van der Waals surface area contributed by atoms with Crippen LogP contribution in [0.15, 0.2) is 47.4 Å². The molecule has 3 rings (SSSR count). The summed E-state index contributed by atoms with van der Waals surface area (Å²) < 4.78 is 26.7. The fourth-order valence-electron chi connectivity index (χ4n) is 2.76. The molecule has 0 aromatic heterocycles. The highest BCUT2D eigenvalue weighted by atomic mass is 32.2. The van der Waals surface area contributed by atoms with E-state index in [-0.39, 0.29) is 16.5 Å². The van der Waals surface area contributed by atoms with Crippen LogP contribution in [0.5, 0.6) is 0 Å². The molecule has 2 aromatic rings. The number of carbonyl (C=O) groups excluding carboxylic acids is 2. The number of carbonyl (C=O) groups is 2. The summed E-state index contributed by atoms with van der Waals surface area (Å²) in [6, 6.07) is 10.8. The van der Waals surface area contributed by atoms with Crippen LogP contribution in [0.4, 0.5) is 10.5 Å². The van der Waals surface area contributed by atoms with E-state index in [1.807, 2.05) is 6.92 Å². The Hall–Kier alpha value is -2.87. The maximum Gasteiger partial charge on any atom is 0.322 e. The van der Waals surface area contributed by atoms with E-state index in [4.69, 9.17) is 0 Å². The second-order valence-electron chi connectivity index (χ2n) is 6.13. The summed E-state index contributed by atoms with van der Waals surface area (Å²) in [6.45, 7) is 4.73. The van der Waals surface area contributed by atoms with E-state index in [0.29, 0.717) is 24.3 Å². The first-order valence-electron chi connectivity index (χ1n) is 8.08. The molecule has 3 amide bonds. The first kappa shape index (κ1) is 17.9. The number of amides is 3. The molecule has 0 aliphatic carbocycles. The Balaban J connectivity index is 1.81. The molecule has 1 aliphatic rings. The standard InChI is InChI=1S/C18H19N3O4S/c1-12-3-6-15(7-4-12)26(24,25)20-17(22)14-5-8-16(13(2)11-14)21-10-9-19-18(21)23/h3-8,11H,9-10H2,1-2H3,(H,19,23)(H,20,22). The molecule has 0 spiro atoms. The molecule has 7 nitrogen and oxygen atoms in total. The van der Waals surface area contributed by atoms with Crippen molar-refractivity contribution >= 4 is 27.6 Å². The molecular weight excluding hydrogens is 354 g/mol. The van der Waals surface area contributed by atoms with Gasteiger partial charge in [-0.2, -0.15) is 0 Å². The first-order chi connectivity index (χ1) is 12.3. The van der Waals surface area contributed by atoms with Crippen LogP contribution >= 0.6 is 0 Å².